The van der Waals surface area contributed by atoms with Crippen LogP contribution in [0.15, 0.2) is 0 Å². The van der Waals surface area contributed by atoms with E-state index < -0.39 is 0 Å². The normalized spacial score (nSPS) is 13.2. The number of aromatic nitrogens is 2. The van der Waals surface area contributed by atoms with Gasteiger partial charge >= 0.3 is 0 Å². The highest BCUT2D eigenvalue weighted by molar-refractivity contribution is 5.29. The molecule has 110 valence electrons. The van der Waals surface area contributed by atoms with Crippen LogP contribution in [0.5, 0.6) is 0 Å². The summed E-state index contributed by atoms with van der Waals surface area (Å²) >= 11 is 0. The number of ether oxygens (including phenoxy) is 1. The third-order valence-corrected chi connectivity index (χ3v) is 3.20. The third-order valence-electron chi connectivity index (χ3n) is 3.20. The molecular formula is C15H29N3O. The summed E-state index contributed by atoms with van der Waals surface area (Å²) in [7, 11) is 0. The lowest BCUT2D eigenvalue weighted by Gasteiger charge is -2.11. The zero-order valence-corrected chi connectivity index (χ0v) is 13.1. The molecule has 0 aliphatic rings. The lowest BCUT2D eigenvalue weighted by molar-refractivity contribution is 0.100. The topological polar surface area (TPSA) is 53.1 Å². The smallest absolute Gasteiger partial charge is 0.0672 e. The summed E-state index contributed by atoms with van der Waals surface area (Å²) < 4.78 is 7.73. The summed E-state index contributed by atoms with van der Waals surface area (Å²) in [5.41, 5.74) is 9.72. The van der Waals surface area contributed by atoms with E-state index in [4.69, 9.17) is 15.6 Å². The zero-order chi connectivity index (χ0) is 14.4. The van der Waals surface area contributed by atoms with Gasteiger partial charge in [-0.25, -0.2) is 0 Å². The molecule has 1 unspecified atom stereocenters. The highest BCUT2D eigenvalue weighted by Gasteiger charge is 2.17. The number of aryl methyl sites for hydroxylation is 1. The summed E-state index contributed by atoms with van der Waals surface area (Å²) in [5, 5.41) is 4.69. The van der Waals surface area contributed by atoms with Crippen molar-refractivity contribution in [3.05, 3.63) is 17.0 Å². The zero-order valence-electron chi connectivity index (χ0n) is 13.1. The van der Waals surface area contributed by atoms with Gasteiger partial charge in [0.1, 0.15) is 0 Å². The molecule has 2 N–H and O–H groups in total. The van der Waals surface area contributed by atoms with Crippen molar-refractivity contribution in [2.75, 3.05) is 13.2 Å². The fourth-order valence-electron chi connectivity index (χ4n) is 2.38. The Balaban J connectivity index is 2.77. The van der Waals surface area contributed by atoms with Gasteiger partial charge in [-0.2, -0.15) is 5.10 Å². The number of nitrogens with two attached hydrogens (primary N) is 1. The lowest BCUT2D eigenvalue weighted by atomic mass is 10.0. The second kappa shape index (κ2) is 7.65. The average Bonchev–Trinajstić information content (AvgIpc) is 2.72. The molecule has 4 nitrogen and oxygen atoms in total. The minimum Gasteiger partial charge on any atom is -0.379 e. The third kappa shape index (κ3) is 4.32. The van der Waals surface area contributed by atoms with E-state index in [0.717, 1.165) is 31.7 Å². The molecule has 0 amide bonds. The molecule has 0 aromatic carbocycles. The molecule has 0 spiro atoms. The number of hydrogen-bond donors (Lipinski definition) is 1. The molecule has 0 aliphatic heterocycles. The second-order valence-electron chi connectivity index (χ2n) is 5.49. The van der Waals surface area contributed by atoms with Crippen LogP contribution >= 0.6 is 0 Å². The molecule has 0 bridgehead atoms. The molecule has 1 aromatic rings. The molecule has 0 aliphatic carbocycles. The largest absolute Gasteiger partial charge is 0.379 e. The van der Waals surface area contributed by atoms with Gasteiger partial charge in [0.15, 0.2) is 0 Å². The van der Waals surface area contributed by atoms with Gasteiger partial charge in [0, 0.05) is 23.9 Å². The first-order chi connectivity index (χ1) is 9.01. The molecule has 1 rings (SSSR count). The minimum atomic E-state index is 0.0511. The predicted octanol–water partition coefficient (Wildman–Crippen LogP) is 2.70. The summed E-state index contributed by atoms with van der Waals surface area (Å²) in [5.74, 6) is 0.578. The summed E-state index contributed by atoms with van der Waals surface area (Å²) in [6, 6.07) is 0.0511. The van der Waals surface area contributed by atoms with E-state index in [9.17, 15) is 0 Å². The molecule has 19 heavy (non-hydrogen) atoms. The van der Waals surface area contributed by atoms with Gasteiger partial charge in [-0.1, -0.05) is 27.7 Å². The van der Waals surface area contributed by atoms with Crippen LogP contribution in [-0.4, -0.2) is 23.0 Å². The van der Waals surface area contributed by atoms with Crippen LogP contribution in [-0.2, 0) is 24.1 Å². The second-order valence-corrected chi connectivity index (χ2v) is 5.49. The van der Waals surface area contributed by atoms with Gasteiger partial charge in [0.25, 0.3) is 0 Å². The molecule has 0 saturated carbocycles. The van der Waals surface area contributed by atoms with Crippen molar-refractivity contribution in [3.8, 4) is 0 Å². The monoisotopic (exact) mass is 267 g/mol. The fraction of sp³-hybridized carbons (Fsp3) is 0.800. The molecule has 1 atom stereocenters. The van der Waals surface area contributed by atoms with E-state index in [1.807, 2.05) is 6.92 Å². The van der Waals surface area contributed by atoms with E-state index in [-0.39, 0.29) is 6.04 Å². The molecule has 1 aromatic heterocycles. The first-order valence-corrected chi connectivity index (χ1v) is 7.42. The molecule has 0 radical (unpaired) electrons. The summed E-state index contributed by atoms with van der Waals surface area (Å²) in [4.78, 5) is 0. The van der Waals surface area contributed by atoms with Crippen LogP contribution in [0.25, 0.3) is 0 Å². The lowest BCUT2D eigenvalue weighted by Crippen LogP contribution is -2.14. The molecule has 1 heterocycles. The Morgan fingerprint density at radius 3 is 2.37 bits per heavy atom. The minimum absolute atomic E-state index is 0.0511. The maximum absolute atomic E-state index is 6.09. The standard InChI is InChI=1S/C15H29N3O/c1-6-13-15(12(5)16)14(7-2)18(17-13)8-9-19-10-11(3)4/h11-12H,6-10,16H2,1-5H3. The molecule has 0 fully saturated rings. The van der Waals surface area contributed by atoms with Crippen molar-refractivity contribution >= 4 is 0 Å². The highest BCUT2D eigenvalue weighted by atomic mass is 16.5. The van der Waals surface area contributed by atoms with Gasteiger partial charge in [-0.05, 0) is 25.7 Å². The van der Waals surface area contributed by atoms with Crippen molar-refractivity contribution < 1.29 is 4.74 Å². The maximum Gasteiger partial charge on any atom is 0.0672 e. The fourth-order valence-corrected chi connectivity index (χ4v) is 2.38. The Hall–Kier alpha value is -0.870. The summed E-state index contributed by atoms with van der Waals surface area (Å²) in [6.45, 7) is 13.0. The van der Waals surface area contributed by atoms with Gasteiger partial charge in [-0.3, -0.25) is 4.68 Å². The van der Waals surface area contributed by atoms with Crippen molar-refractivity contribution in [1.29, 1.82) is 0 Å². The quantitative estimate of drug-likeness (QED) is 0.737. The van der Waals surface area contributed by atoms with Crippen LogP contribution in [0.4, 0.5) is 0 Å². The average molecular weight is 267 g/mol. The Morgan fingerprint density at radius 1 is 1.21 bits per heavy atom. The first kappa shape index (κ1) is 16.2. The highest BCUT2D eigenvalue weighted by Crippen LogP contribution is 2.22. The van der Waals surface area contributed by atoms with Crippen LogP contribution in [0.1, 0.15) is 57.6 Å². The number of rotatable bonds is 8. The van der Waals surface area contributed by atoms with Crippen molar-refractivity contribution in [2.24, 2.45) is 11.7 Å². The summed E-state index contributed by atoms with van der Waals surface area (Å²) in [6.07, 6.45) is 1.90. The Kier molecular flexibility index (Phi) is 6.52. The van der Waals surface area contributed by atoms with Gasteiger partial charge in [0.2, 0.25) is 0 Å². The Bertz CT molecular complexity index is 383. The van der Waals surface area contributed by atoms with E-state index in [1.165, 1.54) is 11.3 Å². The van der Waals surface area contributed by atoms with E-state index in [1.54, 1.807) is 0 Å². The Labute approximate surface area is 117 Å². The van der Waals surface area contributed by atoms with Crippen LogP contribution < -0.4 is 5.73 Å². The van der Waals surface area contributed by atoms with Gasteiger partial charge < -0.3 is 10.5 Å². The van der Waals surface area contributed by atoms with Crippen LogP contribution in [0.2, 0.25) is 0 Å². The molecular weight excluding hydrogens is 238 g/mol. The van der Waals surface area contributed by atoms with Crippen molar-refractivity contribution in [3.63, 3.8) is 0 Å². The number of nitrogens with zero attached hydrogens (tertiary/aromatic N) is 2. The van der Waals surface area contributed by atoms with Crippen LogP contribution in [0, 0.1) is 5.92 Å². The van der Waals surface area contributed by atoms with Gasteiger partial charge in [-0.15, -0.1) is 0 Å². The van der Waals surface area contributed by atoms with E-state index >= 15 is 0 Å². The Morgan fingerprint density at radius 2 is 1.89 bits per heavy atom. The van der Waals surface area contributed by atoms with Crippen molar-refractivity contribution in [1.82, 2.24) is 9.78 Å². The SMILES string of the molecule is CCc1nn(CCOCC(C)C)c(CC)c1C(C)N. The maximum atomic E-state index is 6.09. The van der Waals surface area contributed by atoms with Crippen molar-refractivity contribution in [2.45, 2.75) is 60.0 Å². The van der Waals surface area contributed by atoms with Crippen LogP contribution in [0.3, 0.4) is 0 Å². The predicted molar refractivity (Wildman–Crippen MR) is 79.2 cm³/mol. The van der Waals surface area contributed by atoms with Gasteiger partial charge in [0.05, 0.1) is 18.8 Å². The first-order valence-electron chi connectivity index (χ1n) is 7.42. The molecule has 4 heteroatoms. The number of hydrogen-bond acceptors (Lipinski definition) is 3. The molecule has 0 saturated heterocycles. The van der Waals surface area contributed by atoms with E-state index in [0.29, 0.717) is 12.5 Å². The van der Waals surface area contributed by atoms with E-state index in [2.05, 4.69) is 32.4 Å².